The molecule has 7 heteroatoms. The zero-order valence-corrected chi connectivity index (χ0v) is 10.0. The summed E-state index contributed by atoms with van der Waals surface area (Å²) in [6, 6.07) is 4.32. The van der Waals surface area contributed by atoms with Gasteiger partial charge in [-0.3, -0.25) is 4.79 Å². The second kappa shape index (κ2) is 4.54. The lowest BCUT2D eigenvalue weighted by molar-refractivity contribution is 0.0685. The standard InChI is InChI=1S/C10H7BrN2O4/c11-6-1-2-9(14)13(4-6)5-7-3-8(10(15)16)12-17-7/h1-4H,5H2,(H,15,16). The highest BCUT2D eigenvalue weighted by Gasteiger charge is 2.11. The van der Waals surface area contributed by atoms with Crippen molar-refractivity contribution in [1.29, 1.82) is 0 Å². The molecule has 17 heavy (non-hydrogen) atoms. The fourth-order valence-corrected chi connectivity index (χ4v) is 1.66. The number of aromatic nitrogens is 2. The first kappa shape index (κ1) is 11.6. The maximum Gasteiger partial charge on any atom is 0.358 e. The zero-order valence-electron chi connectivity index (χ0n) is 8.46. The number of carboxylic acid groups (broad SMARTS) is 1. The topological polar surface area (TPSA) is 85.3 Å². The average molecular weight is 299 g/mol. The minimum Gasteiger partial charge on any atom is -0.476 e. The highest BCUT2D eigenvalue weighted by Crippen LogP contribution is 2.08. The SMILES string of the molecule is O=C(O)c1cc(Cn2cc(Br)ccc2=O)on1. The fourth-order valence-electron chi connectivity index (χ4n) is 1.28. The van der Waals surface area contributed by atoms with Crippen LogP contribution in [0.2, 0.25) is 0 Å². The van der Waals surface area contributed by atoms with Gasteiger partial charge in [-0.05, 0) is 22.0 Å². The third-order valence-corrected chi connectivity index (χ3v) is 2.52. The van der Waals surface area contributed by atoms with Gasteiger partial charge in [0.15, 0.2) is 11.5 Å². The number of nitrogens with zero attached hydrogens (tertiary/aromatic N) is 2. The molecule has 0 bridgehead atoms. The van der Waals surface area contributed by atoms with E-state index in [1.807, 2.05) is 0 Å². The Bertz CT molecular complexity index is 617. The van der Waals surface area contributed by atoms with Gasteiger partial charge in [-0.2, -0.15) is 0 Å². The number of rotatable bonds is 3. The van der Waals surface area contributed by atoms with E-state index in [2.05, 4.69) is 21.1 Å². The van der Waals surface area contributed by atoms with E-state index in [0.29, 0.717) is 5.76 Å². The van der Waals surface area contributed by atoms with E-state index in [1.54, 1.807) is 12.3 Å². The maximum absolute atomic E-state index is 11.5. The summed E-state index contributed by atoms with van der Waals surface area (Å²) in [6.07, 6.45) is 1.59. The summed E-state index contributed by atoms with van der Waals surface area (Å²) in [5, 5.41) is 12.0. The van der Waals surface area contributed by atoms with Crippen LogP contribution in [0.25, 0.3) is 0 Å². The summed E-state index contributed by atoms with van der Waals surface area (Å²) in [6.45, 7) is 0.137. The lowest BCUT2D eigenvalue weighted by Gasteiger charge is -2.01. The van der Waals surface area contributed by atoms with Crippen LogP contribution in [-0.2, 0) is 6.54 Å². The molecule has 0 fully saturated rings. The highest BCUT2D eigenvalue weighted by molar-refractivity contribution is 9.10. The Morgan fingerprint density at radius 1 is 1.53 bits per heavy atom. The van der Waals surface area contributed by atoms with Crippen LogP contribution in [0.3, 0.4) is 0 Å². The fraction of sp³-hybridized carbons (Fsp3) is 0.100. The van der Waals surface area contributed by atoms with E-state index in [-0.39, 0.29) is 17.8 Å². The Hall–Kier alpha value is -1.89. The van der Waals surface area contributed by atoms with Gasteiger partial charge in [-0.25, -0.2) is 4.79 Å². The van der Waals surface area contributed by atoms with Crippen LogP contribution in [0.4, 0.5) is 0 Å². The smallest absolute Gasteiger partial charge is 0.358 e. The summed E-state index contributed by atoms with van der Waals surface area (Å²) in [5.41, 5.74) is -0.385. The average Bonchev–Trinajstić information content (AvgIpc) is 2.72. The van der Waals surface area contributed by atoms with E-state index >= 15 is 0 Å². The van der Waals surface area contributed by atoms with Crippen LogP contribution >= 0.6 is 15.9 Å². The normalized spacial score (nSPS) is 10.4. The molecular formula is C10H7BrN2O4. The molecule has 88 valence electrons. The summed E-state index contributed by atoms with van der Waals surface area (Å²) in [5.74, 6) is -0.857. The Balaban J connectivity index is 2.28. The molecule has 0 unspecified atom stereocenters. The van der Waals surface area contributed by atoms with E-state index in [1.165, 1.54) is 16.7 Å². The minimum absolute atomic E-state index is 0.137. The number of aromatic carboxylic acids is 1. The van der Waals surface area contributed by atoms with Crippen LogP contribution in [0.1, 0.15) is 16.2 Å². The Kier molecular flexibility index (Phi) is 3.10. The van der Waals surface area contributed by atoms with Crippen molar-refractivity contribution in [1.82, 2.24) is 9.72 Å². The molecule has 0 aromatic carbocycles. The minimum atomic E-state index is -1.17. The van der Waals surface area contributed by atoms with Crippen LogP contribution in [-0.4, -0.2) is 20.8 Å². The number of halogens is 1. The molecule has 0 spiro atoms. The number of hydrogen-bond donors (Lipinski definition) is 1. The molecule has 2 aromatic heterocycles. The van der Waals surface area contributed by atoms with Crippen LogP contribution < -0.4 is 5.56 Å². The largest absolute Gasteiger partial charge is 0.476 e. The van der Waals surface area contributed by atoms with E-state index in [4.69, 9.17) is 9.63 Å². The van der Waals surface area contributed by atoms with Gasteiger partial charge < -0.3 is 14.2 Å². The van der Waals surface area contributed by atoms with Crippen LogP contribution in [0, 0.1) is 0 Å². The van der Waals surface area contributed by atoms with Gasteiger partial charge >= 0.3 is 5.97 Å². The first-order valence-corrected chi connectivity index (χ1v) is 5.40. The molecule has 2 aromatic rings. The highest BCUT2D eigenvalue weighted by atomic mass is 79.9. The summed E-state index contributed by atoms with van der Waals surface area (Å²) in [7, 11) is 0. The maximum atomic E-state index is 11.5. The summed E-state index contributed by atoms with van der Waals surface area (Å²) >= 11 is 3.24. The lowest BCUT2D eigenvalue weighted by Crippen LogP contribution is -2.18. The van der Waals surface area contributed by atoms with Gasteiger partial charge in [0.05, 0.1) is 6.54 Å². The molecule has 0 saturated carbocycles. The molecular weight excluding hydrogens is 292 g/mol. The quantitative estimate of drug-likeness (QED) is 0.924. The molecule has 2 heterocycles. The van der Waals surface area contributed by atoms with Gasteiger partial charge in [0.25, 0.3) is 5.56 Å². The Labute approximate surface area is 104 Å². The van der Waals surface area contributed by atoms with Gasteiger partial charge in [-0.1, -0.05) is 5.16 Å². The molecule has 0 aliphatic rings. The van der Waals surface area contributed by atoms with Crippen molar-refractivity contribution in [2.24, 2.45) is 0 Å². The number of carboxylic acids is 1. The molecule has 0 aliphatic heterocycles. The van der Waals surface area contributed by atoms with Crippen LogP contribution in [0.5, 0.6) is 0 Å². The zero-order chi connectivity index (χ0) is 12.4. The first-order chi connectivity index (χ1) is 8.06. The summed E-state index contributed by atoms with van der Waals surface area (Å²) < 4.78 is 6.95. The molecule has 2 rings (SSSR count). The molecule has 0 radical (unpaired) electrons. The van der Waals surface area contributed by atoms with Crippen molar-refractivity contribution in [3.63, 3.8) is 0 Å². The predicted octanol–water partition coefficient (Wildman–Crippen LogP) is 1.35. The third-order valence-electron chi connectivity index (χ3n) is 2.05. The van der Waals surface area contributed by atoms with E-state index < -0.39 is 5.97 Å². The number of hydrogen-bond acceptors (Lipinski definition) is 4. The third kappa shape index (κ3) is 2.62. The molecule has 0 aliphatic carbocycles. The van der Waals surface area contributed by atoms with Crippen LogP contribution in [0.15, 0.2) is 38.2 Å². The number of carbonyl (C=O) groups is 1. The lowest BCUT2D eigenvalue weighted by atomic mass is 10.3. The second-order valence-electron chi connectivity index (χ2n) is 3.30. The van der Waals surface area contributed by atoms with E-state index in [9.17, 15) is 9.59 Å². The van der Waals surface area contributed by atoms with Crippen molar-refractivity contribution in [3.05, 3.63) is 50.7 Å². The molecule has 0 saturated heterocycles. The van der Waals surface area contributed by atoms with Crippen molar-refractivity contribution < 1.29 is 14.4 Å². The molecule has 0 amide bonds. The predicted molar refractivity (Wildman–Crippen MR) is 61.0 cm³/mol. The molecule has 0 atom stereocenters. The van der Waals surface area contributed by atoms with Gasteiger partial charge in [0.2, 0.25) is 0 Å². The Morgan fingerprint density at radius 3 is 2.94 bits per heavy atom. The first-order valence-electron chi connectivity index (χ1n) is 4.61. The van der Waals surface area contributed by atoms with Crippen molar-refractivity contribution >= 4 is 21.9 Å². The number of pyridine rings is 1. The van der Waals surface area contributed by atoms with E-state index in [0.717, 1.165) is 4.47 Å². The Morgan fingerprint density at radius 2 is 2.29 bits per heavy atom. The van der Waals surface area contributed by atoms with Gasteiger partial charge in [-0.15, -0.1) is 0 Å². The summed E-state index contributed by atoms with van der Waals surface area (Å²) in [4.78, 5) is 22.1. The van der Waals surface area contributed by atoms with Crippen molar-refractivity contribution in [3.8, 4) is 0 Å². The van der Waals surface area contributed by atoms with Gasteiger partial charge in [0.1, 0.15) is 0 Å². The molecule has 1 N–H and O–H groups in total. The van der Waals surface area contributed by atoms with Gasteiger partial charge in [0, 0.05) is 22.8 Å². The monoisotopic (exact) mass is 298 g/mol. The van der Waals surface area contributed by atoms with Crippen molar-refractivity contribution in [2.45, 2.75) is 6.54 Å². The second-order valence-corrected chi connectivity index (χ2v) is 4.21. The molecule has 6 nitrogen and oxygen atoms in total. The van der Waals surface area contributed by atoms with Crippen molar-refractivity contribution in [2.75, 3.05) is 0 Å².